The third-order valence-corrected chi connectivity index (χ3v) is 3.91. The van der Waals surface area contributed by atoms with Gasteiger partial charge in [0.15, 0.2) is 0 Å². The number of urea groups is 1. The van der Waals surface area contributed by atoms with Crippen molar-refractivity contribution in [3.63, 3.8) is 0 Å². The Morgan fingerprint density at radius 3 is 2.05 bits per heavy atom. The van der Waals surface area contributed by atoms with Crippen LogP contribution in [-0.4, -0.2) is 40.5 Å². The van der Waals surface area contributed by atoms with Crippen molar-refractivity contribution in [2.75, 3.05) is 12.3 Å². The number of alkyl halides is 3. The van der Waals surface area contributed by atoms with Gasteiger partial charge in [-0.15, -0.1) is 0 Å². The lowest BCUT2D eigenvalue weighted by atomic mass is 9.74. The van der Waals surface area contributed by atoms with Gasteiger partial charge in [-0.3, -0.25) is 4.79 Å². The van der Waals surface area contributed by atoms with Gasteiger partial charge in [0.05, 0.1) is 11.0 Å². The van der Waals surface area contributed by atoms with E-state index < -0.39 is 28.5 Å². The average molecular weight is 316 g/mol. The fourth-order valence-electron chi connectivity index (χ4n) is 1.08. The third kappa shape index (κ3) is 5.89. The lowest BCUT2D eigenvalue weighted by Crippen LogP contribution is -2.59. The fourth-order valence-corrected chi connectivity index (χ4v) is 1.52. The molecule has 9 heteroatoms. The minimum atomic E-state index is -4.33. The Kier molecular flexibility index (Phi) is 6.19. The molecule has 0 atom stereocenters. The largest absolute Gasteiger partial charge is 0.481 e. The fraction of sp³-hybridized carbons (Fsp3) is 0.818. The molecule has 0 aliphatic heterocycles. The summed E-state index contributed by atoms with van der Waals surface area (Å²) in [6.07, 6.45) is 0. The van der Waals surface area contributed by atoms with Gasteiger partial charge in [0.2, 0.25) is 0 Å². The molecular weight excluding hydrogens is 297 g/mol. The molecular formula is C11H19F3N2O3S. The molecule has 0 aromatic carbocycles. The SMILES string of the molecule is CC(C)(NC(=O)NCCSC(F)(F)F)C(C)(C)C(=O)O. The van der Waals surface area contributed by atoms with Gasteiger partial charge in [0.1, 0.15) is 0 Å². The second-order valence-electron chi connectivity index (χ2n) is 5.23. The zero-order valence-corrected chi connectivity index (χ0v) is 12.5. The summed E-state index contributed by atoms with van der Waals surface area (Å²) in [5, 5.41) is 13.8. The van der Waals surface area contributed by atoms with Crippen LogP contribution >= 0.6 is 11.8 Å². The van der Waals surface area contributed by atoms with E-state index in [4.69, 9.17) is 5.11 Å². The molecule has 0 bridgehead atoms. The van der Waals surface area contributed by atoms with Gasteiger partial charge in [0, 0.05) is 12.3 Å². The first-order valence-corrected chi connectivity index (χ1v) is 6.78. The van der Waals surface area contributed by atoms with Crippen LogP contribution in [0.5, 0.6) is 0 Å². The first-order chi connectivity index (χ1) is 8.79. The molecule has 0 aliphatic carbocycles. The van der Waals surface area contributed by atoms with Crippen molar-refractivity contribution in [1.29, 1.82) is 0 Å². The number of carboxylic acid groups (broad SMARTS) is 1. The lowest BCUT2D eigenvalue weighted by Gasteiger charge is -2.38. The van der Waals surface area contributed by atoms with Crippen LogP contribution in [0.4, 0.5) is 18.0 Å². The van der Waals surface area contributed by atoms with E-state index in [0.29, 0.717) is 0 Å². The summed E-state index contributed by atoms with van der Waals surface area (Å²) in [6, 6.07) is -0.702. The van der Waals surface area contributed by atoms with Gasteiger partial charge in [0.25, 0.3) is 0 Å². The second-order valence-corrected chi connectivity index (χ2v) is 6.39. The molecule has 20 heavy (non-hydrogen) atoms. The number of amides is 2. The number of carboxylic acids is 1. The molecule has 3 N–H and O–H groups in total. The summed E-state index contributed by atoms with van der Waals surface area (Å²) >= 11 is -0.233. The maximum absolute atomic E-state index is 11.9. The predicted molar refractivity (Wildman–Crippen MR) is 70.5 cm³/mol. The topological polar surface area (TPSA) is 78.4 Å². The first-order valence-electron chi connectivity index (χ1n) is 5.80. The van der Waals surface area contributed by atoms with Gasteiger partial charge >= 0.3 is 17.5 Å². The van der Waals surface area contributed by atoms with Crippen LogP contribution in [0.25, 0.3) is 0 Å². The Morgan fingerprint density at radius 2 is 1.65 bits per heavy atom. The summed E-state index contributed by atoms with van der Waals surface area (Å²) in [6.45, 7) is 5.81. The number of carbonyl (C=O) groups excluding carboxylic acids is 1. The molecule has 5 nitrogen and oxygen atoms in total. The molecule has 0 aliphatic rings. The molecule has 0 aromatic heterocycles. The van der Waals surface area contributed by atoms with Gasteiger partial charge in [-0.2, -0.15) is 13.2 Å². The maximum atomic E-state index is 11.9. The monoisotopic (exact) mass is 316 g/mol. The molecule has 0 rings (SSSR count). The van der Waals surface area contributed by atoms with Crippen LogP contribution in [0.3, 0.4) is 0 Å². The minimum Gasteiger partial charge on any atom is -0.481 e. The van der Waals surface area contributed by atoms with Crippen molar-refractivity contribution < 1.29 is 27.9 Å². The number of aliphatic carboxylic acids is 1. The van der Waals surface area contributed by atoms with Gasteiger partial charge in [-0.25, -0.2) is 4.79 Å². The quantitative estimate of drug-likeness (QED) is 0.658. The highest BCUT2D eigenvalue weighted by atomic mass is 32.2. The molecule has 0 aromatic rings. The van der Waals surface area contributed by atoms with E-state index in [2.05, 4.69) is 10.6 Å². The van der Waals surface area contributed by atoms with Gasteiger partial charge < -0.3 is 15.7 Å². The molecule has 0 saturated heterocycles. The number of hydrogen-bond donors (Lipinski definition) is 3. The summed E-state index contributed by atoms with van der Waals surface area (Å²) in [7, 11) is 0. The zero-order valence-electron chi connectivity index (χ0n) is 11.7. The van der Waals surface area contributed by atoms with Crippen LogP contribution in [0.15, 0.2) is 0 Å². The average Bonchev–Trinajstić information content (AvgIpc) is 2.22. The van der Waals surface area contributed by atoms with Crippen molar-refractivity contribution in [2.45, 2.75) is 38.7 Å². The third-order valence-electron chi connectivity index (χ3n) is 3.18. The highest BCUT2D eigenvalue weighted by molar-refractivity contribution is 8.00. The van der Waals surface area contributed by atoms with Crippen LogP contribution in [0.1, 0.15) is 27.7 Å². The highest BCUT2D eigenvalue weighted by Gasteiger charge is 2.44. The number of rotatable bonds is 6. The Balaban J connectivity index is 4.30. The van der Waals surface area contributed by atoms with Crippen molar-refractivity contribution in [3.05, 3.63) is 0 Å². The van der Waals surface area contributed by atoms with Crippen molar-refractivity contribution in [2.24, 2.45) is 5.41 Å². The molecule has 0 saturated carbocycles. The van der Waals surface area contributed by atoms with Crippen molar-refractivity contribution in [1.82, 2.24) is 10.6 Å². The van der Waals surface area contributed by atoms with Crippen LogP contribution in [0.2, 0.25) is 0 Å². The maximum Gasteiger partial charge on any atom is 0.441 e. The molecule has 0 heterocycles. The second kappa shape index (κ2) is 6.55. The van der Waals surface area contributed by atoms with Crippen molar-refractivity contribution >= 4 is 23.8 Å². The molecule has 0 fully saturated rings. The highest BCUT2D eigenvalue weighted by Crippen LogP contribution is 2.31. The normalized spacial score (nSPS) is 12.9. The van der Waals surface area contributed by atoms with Crippen LogP contribution in [0, 0.1) is 5.41 Å². The van der Waals surface area contributed by atoms with Gasteiger partial charge in [-0.05, 0) is 39.5 Å². The summed E-state index contributed by atoms with van der Waals surface area (Å²) in [5.74, 6) is -1.39. The number of thioether (sulfide) groups is 1. The first kappa shape index (κ1) is 18.9. The Hall–Kier alpha value is -1.12. The predicted octanol–water partition coefficient (Wildman–Crippen LogP) is 2.43. The lowest BCUT2D eigenvalue weighted by molar-refractivity contribution is -0.150. The molecule has 2 amide bonds. The van der Waals surface area contributed by atoms with E-state index in [1.165, 1.54) is 27.7 Å². The summed E-state index contributed by atoms with van der Waals surface area (Å²) < 4.78 is 35.6. The van der Waals surface area contributed by atoms with Crippen LogP contribution in [-0.2, 0) is 4.79 Å². The van der Waals surface area contributed by atoms with E-state index in [0.717, 1.165) is 0 Å². The smallest absolute Gasteiger partial charge is 0.441 e. The van der Waals surface area contributed by atoms with E-state index in [1.807, 2.05) is 0 Å². The number of carbonyl (C=O) groups is 2. The molecule has 118 valence electrons. The minimum absolute atomic E-state index is 0.167. The Bertz CT molecular complexity index is 370. The van der Waals surface area contributed by atoms with Gasteiger partial charge in [-0.1, -0.05) is 0 Å². The summed E-state index contributed by atoms with van der Waals surface area (Å²) in [5.41, 5.74) is -6.63. The zero-order chi connectivity index (χ0) is 16.2. The summed E-state index contributed by atoms with van der Waals surface area (Å²) in [4.78, 5) is 22.7. The van der Waals surface area contributed by atoms with Crippen molar-refractivity contribution in [3.8, 4) is 0 Å². The number of hydrogen-bond acceptors (Lipinski definition) is 3. The van der Waals surface area contributed by atoms with E-state index in [1.54, 1.807) is 0 Å². The Morgan fingerprint density at radius 1 is 1.15 bits per heavy atom. The molecule has 0 radical (unpaired) electrons. The Labute approximate surface area is 119 Å². The number of nitrogens with one attached hydrogen (secondary N) is 2. The van der Waals surface area contributed by atoms with E-state index in [-0.39, 0.29) is 24.1 Å². The number of halogens is 3. The van der Waals surface area contributed by atoms with Crippen LogP contribution < -0.4 is 10.6 Å². The molecule has 0 unspecified atom stereocenters. The standard InChI is InChI=1S/C11H19F3N2O3S/c1-9(2,7(17)18)10(3,4)16-8(19)15-5-6-20-11(12,13)14/h5-6H2,1-4H3,(H,17,18)(H2,15,16,19). The van der Waals surface area contributed by atoms with E-state index in [9.17, 15) is 22.8 Å². The molecule has 0 spiro atoms. The van der Waals surface area contributed by atoms with E-state index >= 15 is 0 Å².